The van der Waals surface area contributed by atoms with Gasteiger partial charge in [-0.25, -0.2) is 5.43 Å². The molecule has 0 heterocycles. The molecule has 6 heteroatoms. The minimum Gasteiger partial charge on any atom is -0.497 e. The number of hydrogen-bond donors (Lipinski definition) is 1. The number of amides is 1. The van der Waals surface area contributed by atoms with Crippen molar-refractivity contribution in [3.05, 3.63) is 94.5 Å². The Balaban J connectivity index is 1.56. The third-order valence-electron chi connectivity index (χ3n) is 4.86. The number of methoxy groups -OCH3 is 1. The topological polar surface area (TPSA) is 53.9 Å². The van der Waals surface area contributed by atoms with E-state index in [4.69, 9.17) is 16.3 Å². The van der Waals surface area contributed by atoms with Gasteiger partial charge in [-0.1, -0.05) is 54.1 Å². The fourth-order valence-electron chi connectivity index (χ4n) is 3.17. The van der Waals surface area contributed by atoms with Crippen LogP contribution < -0.4 is 15.1 Å². The molecule has 0 unspecified atom stereocenters. The standard InChI is InChI=1S/C25H26ClN3O2/c1-3-29(18-20-7-5-4-6-8-20)22-11-9-19(10-12-22)17-27-28-25(30)16-21-15-23(31-2)13-14-24(21)26/h4-15,17H,3,16,18H2,1-2H3,(H,28,30)/b27-17+. The molecule has 0 atom stereocenters. The second-order valence-electron chi connectivity index (χ2n) is 7.02. The van der Waals surface area contributed by atoms with E-state index in [0.717, 1.165) is 24.3 Å². The highest BCUT2D eigenvalue weighted by Crippen LogP contribution is 2.22. The molecule has 5 nitrogen and oxygen atoms in total. The molecule has 0 fully saturated rings. The van der Waals surface area contributed by atoms with Crippen LogP contribution in [0, 0.1) is 0 Å². The summed E-state index contributed by atoms with van der Waals surface area (Å²) in [6, 6.07) is 23.7. The van der Waals surface area contributed by atoms with Gasteiger partial charge < -0.3 is 9.64 Å². The van der Waals surface area contributed by atoms with Gasteiger partial charge in [-0.05, 0) is 53.9 Å². The zero-order valence-electron chi connectivity index (χ0n) is 17.7. The number of anilines is 1. The Kier molecular flexibility index (Phi) is 8.07. The summed E-state index contributed by atoms with van der Waals surface area (Å²) in [7, 11) is 1.57. The van der Waals surface area contributed by atoms with E-state index in [-0.39, 0.29) is 12.3 Å². The summed E-state index contributed by atoms with van der Waals surface area (Å²) in [4.78, 5) is 14.5. The van der Waals surface area contributed by atoms with E-state index in [1.807, 2.05) is 18.2 Å². The van der Waals surface area contributed by atoms with Crippen LogP contribution in [0.3, 0.4) is 0 Å². The number of halogens is 1. The van der Waals surface area contributed by atoms with Crippen molar-refractivity contribution in [3.63, 3.8) is 0 Å². The number of ether oxygens (including phenoxy) is 1. The Hall–Kier alpha value is -3.31. The lowest BCUT2D eigenvalue weighted by Crippen LogP contribution is -2.21. The Labute approximate surface area is 188 Å². The van der Waals surface area contributed by atoms with Crippen LogP contribution in [-0.2, 0) is 17.8 Å². The maximum absolute atomic E-state index is 12.2. The second-order valence-corrected chi connectivity index (χ2v) is 7.43. The van der Waals surface area contributed by atoms with Gasteiger partial charge in [-0.2, -0.15) is 5.10 Å². The first-order chi connectivity index (χ1) is 15.1. The van der Waals surface area contributed by atoms with E-state index in [1.54, 1.807) is 31.5 Å². The molecule has 1 N–H and O–H groups in total. The summed E-state index contributed by atoms with van der Waals surface area (Å²) in [5, 5.41) is 4.58. The molecule has 0 aliphatic carbocycles. The molecule has 0 saturated carbocycles. The lowest BCUT2D eigenvalue weighted by molar-refractivity contribution is -0.120. The van der Waals surface area contributed by atoms with E-state index in [1.165, 1.54) is 5.56 Å². The van der Waals surface area contributed by atoms with Gasteiger partial charge in [0.1, 0.15) is 5.75 Å². The Morgan fingerprint density at radius 3 is 2.52 bits per heavy atom. The van der Waals surface area contributed by atoms with Gasteiger partial charge >= 0.3 is 0 Å². The first-order valence-electron chi connectivity index (χ1n) is 10.1. The largest absolute Gasteiger partial charge is 0.497 e. The van der Waals surface area contributed by atoms with Crippen LogP contribution >= 0.6 is 11.6 Å². The van der Waals surface area contributed by atoms with Crippen LogP contribution in [-0.4, -0.2) is 25.8 Å². The number of hydrazone groups is 1. The van der Waals surface area contributed by atoms with Gasteiger partial charge in [0.25, 0.3) is 0 Å². The normalized spacial score (nSPS) is 10.8. The van der Waals surface area contributed by atoms with E-state index >= 15 is 0 Å². The summed E-state index contributed by atoms with van der Waals surface area (Å²) < 4.78 is 5.17. The van der Waals surface area contributed by atoms with Gasteiger partial charge in [0.15, 0.2) is 0 Å². The summed E-state index contributed by atoms with van der Waals surface area (Å²) in [6.07, 6.45) is 1.75. The lowest BCUT2D eigenvalue weighted by Gasteiger charge is -2.23. The predicted molar refractivity (Wildman–Crippen MR) is 127 cm³/mol. The number of carbonyl (C=O) groups excluding carboxylic acids is 1. The number of rotatable bonds is 9. The summed E-state index contributed by atoms with van der Waals surface area (Å²) in [6.45, 7) is 3.90. The number of benzene rings is 3. The third-order valence-corrected chi connectivity index (χ3v) is 5.23. The molecule has 0 bridgehead atoms. The highest BCUT2D eigenvalue weighted by atomic mass is 35.5. The zero-order valence-corrected chi connectivity index (χ0v) is 18.5. The van der Waals surface area contributed by atoms with Crippen molar-refractivity contribution in [2.75, 3.05) is 18.6 Å². The van der Waals surface area contributed by atoms with Crippen molar-refractivity contribution in [3.8, 4) is 5.75 Å². The van der Waals surface area contributed by atoms with Crippen molar-refractivity contribution >= 4 is 29.4 Å². The molecular formula is C25H26ClN3O2. The fraction of sp³-hybridized carbons (Fsp3) is 0.200. The molecule has 3 aromatic carbocycles. The molecule has 0 aliphatic heterocycles. The molecule has 31 heavy (non-hydrogen) atoms. The zero-order chi connectivity index (χ0) is 22.1. The third kappa shape index (κ3) is 6.59. The lowest BCUT2D eigenvalue weighted by atomic mass is 10.1. The maximum Gasteiger partial charge on any atom is 0.244 e. The van der Waals surface area contributed by atoms with Crippen molar-refractivity contribution in [1.29, 1.82) is 0 Å². The van der Waals surface area contributed by atoms with Crippen LogP contribution in [0.1, 0.15) is 23.6 Å². The Morgan fingerprint density at radius 2 is 1.84 bits per heavy atom. The number of nitrogens with one attached hydrogen (secondary N) is 1. The van der Waals surface area contributed by atoms with Gasteiger partial charge in [-0.15, -0.1) is 0 Å². The monoisotopic (exact) mass is 435 g/mol. The van der Waals surface area contributed by atoms with Gasteiger partial charge in [0, 0.05) is 23.8 Å². The van der Waals surface area contributed by atoms with Crippen molar-refractivity contribution < 1.29 is 9.53 Å². The van der Waals surface area contributed by atoms with Gasteiger partial charge in [-0.3, -0.25) is 4.79 Å². The van der Waals surface area contributed by atoms with Crippen molar-refractivity contribution in [1.82, 2.24) is 5.43 Å². The van der Waals surface area contributed by atoms with Crippen LogP contribution in [0.4, 0.5) is 5.69 Å². The molecule has 0 saturated heterocycles. The second kappa shape index (κ2) is 11.2. The molecule has 0 aromatic heterocycles. The molecule has 1 amide bonds. The average Bonchev–Trinajstić information content (AvgIpc) is 2.80. The Morgan fingerprint density at radius 1 is 1.10 bits per heavy atom. The summed E-state index contributed by atoms with van der Waals surface area (Å²) >= 11 is 6.15. The highest BCUT2D eigenvalue weighted by Gasteiger charge is 2.08. The van der Waals surface area contributed by atoms with Crippen molar-refractivity contribution in [2.45, 2.75) is 19.9 Å². The van der Waals surface area contributed by atoms with Crippen LogP contribution in [0.5, 0.6) is 5.75 Å². The van der Waals surface area contributed by atoms with Gasteiger partial charge in [0.2, 0.25) is 5.91 Å². The summed E-state index contributed by atoms with van der Waals surface area (Å²) in [5.41, 5.74) is 6.55. The average molecular weight is 436 g/mol. The van der Waals surface area contributed by atoms with Crippen LogP contribution in [0.25, 0.3) is 0 Å². The van der Waals surface area contributed by atoms with Crippen molar-refractivity contribution in [2.24, 2.45) is 5.10 Å². The fourth-order valence-corrected chi connectivity index (χ4v) is 3.35. The number of hydrogen-bond acceptors (Lipinski definition) is 4. The van der Waals surface area contributed by atoms with Gasteiger partial charge in [0.05, 0.1) is 19.7 Å². The molecule has 3 aromatic rings. The van der Waals surface area contributed by atoms with Crippen LogP contribution in [0.15, 0.2) is 77.9 Å². The van der Waals surface area contributed by atoms with Crippen LogP contribution in [0.2, 0.25) is 5.02 Å². The molecule has 160 valence electrons. The maximum atomic E-state index is 12.2. The first-order valence-corrected chi connectivity index (χ1v) is 10.5. The molecule has 0 radical (unpaired) electrons. The Bertz CT molecular complexity index is 1020. The minimum absolute atomic E-state index is 0.122. The number of nitrogens with zero attached hydrogens (tertiary/aromatic N) is 2. The smallest absolute Gasteiger partial charge is 0.244 e. The van der Waals surface area contributed by atoms with E-state index in [0.29, 0.717) is 16.3 Å². The molecule has 0 spiro atoms. The molecular weight excluding hydrogens is 410 g/mol. The minimum atomic E-state index is -0.247. The van der Waals surface area contributed by atoms with E-state index in [9.17, 15) is 4.79 Å². The number of carbonyl (C=O) groups is 1. The predicted octanol–water partition coefficient (Wildman–Crippen LogP) is 5.07. The summed E-state index contributed by atoms with van der Waals surface area (Å²) in [5.74, 6) is 0.409. The molecule has 0 aliphatic rings. The SMILES string of the molecule is CCN(Cc1ccccc1)c1ccc(/C=N/NC(=O)Cc2cc(OC)ccc2Cl)cc1. The van der Waals surface area contributed by atoms with E-state index in [2.05, 4.69) is 58.7 Å². The quantitative estimate of drug-likeness (QED) is 0.377. The van der Waals surface area contributed by atoms with E-state index < -0.39 is 0 Å². The first kappa shape index (κ1) is 22.4. The highest BCUT2D eigenvalue weighted by molar-refractivity contribution is 6.31. The molecule has 3 rings (SSSR count).